The van der Waals surface area contributed by atoms with Gasteiger partial charge in [0.15, 0.2) is 0 Å². The van der Waals surface area contributed by atoms with Gasteiger partial charge >= 0.3 is 12.1 Å². The van der Waals surface area contributed by atoms with Crippen molar-refractivity contribution in [1.29, 1.82) is 0 Å². The average molecular weight is 262 g/mol. The largest absolute Gasteiger partial charge is 0.481 e. The van der Waals surface area contributed by atoms with Gasteiger partial charge in [0, 0.05) is 24.7 Å². The summed E-state index contributed by atoms with van der Waals surface area (Å²) < 4.78 is 37.1. The molecule has 1 heterocycles. The van der Waals surface area contributed by atoms with E-state index in [2.05, 4.69) is 18.3 Å². The Labute approximate surface area is 102 Å². The fourth-order valence-corrected chi connectivity index (χ4v) is 1.65. The number of carbonyl (C=O) groups is 1. The van der Waals surface area contributed by atoms with Crippen molar-refractivity contribution in [3.8, 4) is 0 Å². The second-order valence-electron chi connectivity index (χ2n) is 4.05. The number of likely N-dealkylation sites (tertiary alicyclic amines) is 1. The van der Waals surface area contributed by atoms with Crippen LogP contribution in [0, 0.1) is 5.92 Å². The molecule has 0 bridgehead atoms. The van der Waals surface area contributed by atoms with Gasteiger partial charge < -0.3 is 10.0 Å². The van der Waals surface area contributed by atoms with E-state index in [4.69, 9.17) is 5.11 Å². The van der Waals surface area contributed by atoms with Gasteiger partial charge in [-0.2, -0.15) is 13.2 Å². The first-order valence-corrected chi connectivity index (χ1v) is 5.15. The van der Waals surface area contributed by atoms with Crippen LogP contribution in [0.3, 0.4) is 0 Å². The predicted octanol–water partition coefficient (Wildman–Crippen LogP) is 2.05. The van der Waals surface area contributed by atoms with Crippen LogP contribution in [0.4, 0.5) is 13.2 Å². The Kier molecular flexibility index (Phi) is 4.15. The lowest BCUT2D eigenvalue weighted by atomic mass is 9.96. The second kappa shape index (κ2) is 5.24. The number of allylic oxidation sites excluding steroid dienone is 2. The lowest BCUT2D eigenvalue weighted by Gasteiger charge is -2.40. The molecule has 0 aromatic rings. The normalized spacial score (nSPS) is 17.3. The van der Waals surface area contributed by atoms with E-state index < -0.39 is 17.8 Å². The summed E-state index contributed by atoms with van der Waals surface area (Å²) in [5, 5.41) is 8.54. The Hall–Kier alpha value is -1.79. The van der Waals surface area contributed by atoms with E-state index in [1.807, 2.05) is 0 Å². The van der Waals surface area contributed by atoms with E-state index in [1.165, 1.54) is 0 Å². The molecule has 1 aliphatic heterocycles. The summed E-state index contributed by atoms with van der Waals surface area (Å²) in [5.41, 5.74) is -0.939. The Bertz CT molecular complexity index is 396. The summed E-state index contributed by atoms with van der Waals surface area (Å²) in [6.45, 7) is 7.15. The summed E-state index contributed by atoms with van der Waals surface area (Å²) >= 11 is 0. The Balaban J connectivity index is 2.56. The van der Waals surface area contributed by atoms with Gasteiger partial charge in [0.05, 0.1) is 6.42 Å². The molecule has 1 saturated heterocycles. The molecular formula is C11H13F3N2O2. The van der Waals surface area contributed by atoms with Crippen molar-refractivity contribution in [3.63, 3.8) is 0 Å². The van der Waals surface area contributed by atoms with Crippen molar-refractivity contribution < 1.29 is 23.1 Å². The first-order valence-electron chi connectivity index (χ1n) is 5.15. The van der Waals surface area contributed by atoms with Gasteiger partial charge in [0.25, 0.3) is 0 Å². The van der Waals surface area contributed by atoms with Gasteiger partial charge in [-0.25, -0.2) is 0 Å². The smallest absolute Gasteiger partial charge is 0.433 e. The van der Waals surface area contributed by atoms with E-state index in [-0.39, 0.29) is 18.0 Å². The highest BCUT2D eigenvalue weighted by molar-refractivity contribution is 5.67. The Morgan fingerprint density at radius 3 is 2.44 bits per heavy atom. The fraction of sp³-hybridized carbons (Fsp3) is 0.455. The lowest BCUT2D eigenvalue weighted by molar-refractivity contribution is -0.139. The molecule has 0 aliphatic carbocycles. The number of hydrogen-bond donors (Lipinski definition) is 1. The van der Waals surface area contributed by atoms with Crippen molar-refractivity contribution in [3.05, 3.63) is 24.0 Å². The van der Waals surface area contributed by atoms with E-state index in [0.717, 1.165) is 6.08 Å². The van der Waals surface area contributed by atoms with Crippen LogP contribution in [0.2, 0.25) is 0 Å². The molecule has 0 radical (unpaired) electrons. The van der Waals surface area contributed by atoms with Crippen LogP contribution < -0.4 is 0 Å². The SMILES string of the molecule is C=N/C(=C\C(=C)N1CC(CC(=O)O)C1)C(F)(F)F. The van der Waals surface area contributed by atoms with Crippen LogP contribution >= 0.6 is 0 Å². The maximum atomic E-state index is 12.4. The molecule has 100 valence electrons. The van der Waals surface area contributed by atoms with Crippen LogP contribution in [-0.4, -0.2) is 42.0 Å². The number of alkyl halides is 3. The van der Waals surface area contributed by atoms with Crippen LogP contribution in [0.5, 0.6) is 0 Å². The van der Waals surface area contributed by atoms with Crippen molar-refractivity contribution in [2.45, 2.75) is 12.6 Å². The molecule has 7 heteroatoms. The highest BCUT2D eigenvalue weighted by Gasteiger charge is 2.35. The molecule has 4 nitrogen and oxygen atoms in total. The van der Waals surface area contributed by atoms with Gasteiger partial charge in [0.1, 0.15) is 5.70 Å². The number of carboxylic acid groups (broad SMARTS) is 1. The molecular weight excluding hydrogens is 249 g/mol. The van der Waals surface area contributed by atoms with Crippen molar-refractivity contribution in [1.82, 2.24) is 4.90 Å². The Morgan fingerprint density at radius 2 is 2.06 bits per heavy atom. The molecule has 1 rings (SSSR count). The molecule has 0 spiro atoms. The second-order valence-corrected chi connectivity index (χ2v) is 4.05. The summed E-state index contributed by atoms with van der Waals surface area (Å²) in [6.07, 6.45) is -3.74. The highest BCUT2D eigenvalue weighted by Crippen LogP contribution is 2.29. The minimum absolute atomic E-state index is 0.0132. The lowest BCUT2D eigenvalue weighted by Crippen LogP contribution is -2.46. The zero-order valence-electron chi connectivity index (χ0n) is 9.57. The van der Waals surface area contributed by atoms with Gasteiger partial charge in [-0.15, -0.1) is 0 Å². The zero-order valence-corrected chi connectivity index (χ0v) is 9.57. The summed E-state index contributed by atoms with van der Waals surface area (Å²) in [7, 11) is 0. The van der Waals surface area contributed by atoms with Gasteiger partial charge in [-0.3, -0.25) is 9.79 Å². The van der Waals surface area contributed by atoms with E-state index in [0.29, 0.717) is 13.1 Å². The maximum absolute atomic E-state index is 12.4. The molecule has 1 N–H and O–H groups in total. The number of carboxylic acids is 1. The summed E-state index contributed by atoms with van der Waals surface area (Å²) in [6, 6.07) is 0. The maximum Gasteiger partial charge on any atom is 0.433 e. The minimum Gasteiger partial charge on any atom is -0.481 e. The first kappa shape index (κ1) is 14.3. The number of nitrogens with zero attached hydrogens (tertiary/aromatic N) is 2. The topological polar surface area (TPSA) is 52.9 Å². The molecule has 0 atom stereocenters. The van der Waals surface area contributed by atoms with Crippen molar-refractivity contribution >= 4 is 12.7 Å². The molecule has 0 unspecified atom stereocenters. The summed E-state index contributed by atoms with van der Waals surface area (Å²) in [4.78, 5) is 14.9. The van der Waals surface area contributed by atoms with Crippen LogP contribution in [0.25, 0.3) is 0 Å². The predicted molar refractivity (Wildman–Crippen MR) is 60.1 cm³/mol. The van der Waals surface area contributed by atoms with E-state index in [9.17, 15) is 18.0 Å². The third-order valence-electron chi connectivity index (χ3n) is 2.59. The molecule has 1 fully saturated rings. The van der Waals surface area contributed by atoms with Gasteiger partial charge in [-0.05, 0) is 12.8 Å². The molecule has 0 aromatic heterocycles. The highest BCUT2D eigenvalue weighted by atomic mass is 19.4. The number of aliphatic imine (C=N–C) groups is 1. The van der Waals surface area contributed by atoms with Crippen LogP contribution in [0.1, 0.15) is 6.42 Å². The number of aliphatic carboxylic acids is 1. The van der Waals surface area contributed by atoms with Crippen molar-refractivity contribution in [2.24, 2.45) is 10.9 Å². The van der Waals surface area contributed by atoms with Crippen LogP contribution in [0.15, 0.2) is 29.0 Å². The van der Waals surface area contributed by atoms with Gasteiger partial charge in [-0.1, -0.05) is 6.58 Å². The van der Waals surface area contributed by atoms with Gasteiger partial charge in [0.2, 0.25) is 0 Å². The quantitative estimate of drug-likeness (QED) is 0.609. The van der Waals surface area contributed by atoms with Crippen LogP contribution in [-0.2, 0) is 4.79 Å². The number of rotatable bonds is 5. The van der Waals surface area contributed by atoms with Crippen molar-refractivity contribution in [2.75, 3.05) is 13.1 Å². The first-order chi connectivity index (χ1) is 8.24. The molecule has 0 aromatic carbocycles. The third-order valence-corrected chi connectivity index (χ3v) is 2.59. The monoisotopic (exact) mass is 262 g/mol. The average Bonchev–Trinajstić information content (AvgIpc) is 2.16. The number of hydrogen-bond acceptors (Lipinski definition) is 3. The molecule has 0 amide bonds. The molecule has 1 aliphatic rings. The number of halogens is 3. The molecule has 18 heavy (non-hydrogen) atoms. The third kappa shape index (κ3) is 3.61. The Morgan fingerprint density at radius 1 is 1.50 bits per heavy atom. The van der Waals surface area contributed by atoms with E-state index in [1.54, 1.807) is 4.90 Å². The summed E-state index contributed by atoms with van der Waals surface area (Å²) in [5.74, 6) is -0.955. The zero-order chi connectivity index (χ0) is 13.9. The fourth-order valence-electron chi connectivity index (χ4n) is 1.65. The van der Waals surface area contributed by atoms with E-state index >= 15 is 0 Å². The minimum atomic E-state index is -4.56. The standard InChI is InChI=1S/C11H13F3N2O2/c1-7(3-9(15-2)11(12,13)14)16-5-8(6-16)4-10(17)18/h3,8H,1-2,4-6H2,(H,17,18)/b9-3-. The molecule has 0 saturated carbocycles.